The molecule has 3 rings (SSSR count). The Kier molecular flexibility index (Phi) is 3.75. The van der Waals surface area contributed by atoms with Crippen LogP contribution < -0.4 is 10.9 Å². The van der Waals surface area contributed by atoms with Crippen LogP contribution in [0, 0.1) is 12.7 Å². The summed E-state index contributed by atoms with van der Waals surface area (Å²) in [6.07, 6.45) is 2.90. The van der Waals surface area contributed by atoms with Crippen LogP contribution in [0.3, 0.4) is 0 Å². The van der Waals surface area contributed by atoms with Crippen molar-refractivity contribution in [3.63, 3.8) is 0 Å². The molecule has 1 fully saturated rings. The molecule has 1 aliphatic rings. The third kappa shape index (κ3) is 2.90. The predicted molar refractivity (Wildman–Crippen MR) is 79.2 cm³/mol. The second-order valence-electron chi connectivity index (χ2n) is 5.64. The third-order valence-corrected chi connectivity index (χ3v) is 4.01. The number of hydrogen-bond donors (Lipinski definition) is 2. The van der Waals surface area contributed by atoms with Crippen LogP contribution in [0.15, 0.2) is 35.4 Å². The van der Waals surface area contributed by atoms with Gasteiger partial charge in [0.25, 0.3) is 11.5 Å². The number of halogens is 1. The Balaban J connectivity index is 1.58. The maximum absolute atomic E-state index is 13.2. The van der Waals surface area contributed by atoms with Gasteiger partial charge in [-0.3, -0.25) is 9.59 Å². The van der Waals surface area contributed by atoms with Crippen molar-refractivity contribution >= 4 is 5.91 Å². The summed E-state index contributed by atoms with van der Waals surface area (Å²) < 4.78 is 13.2. The van der Waals surface area contributed by atoms with Crippen LogP contribution >= 0.6 is 0 Å². The number of amides is 1. The molecule has 5 nitrogen and oxygen atoms in total. The van der Waals surface area contributed by atoms with Crippen LogP contribution in [0.2, 0.25) is 0 Å². The maximum atomic E-state index is 13.2. The van der Waals surface area contributed by atoms with E-state index in [2.05, 4.69) is 15.3 Å². The highest BCUT2D eigenvalue weighted by atomic mass is 19.1. The third-order valence-electron chi connectivity index (χ3n) is 4.01. The van der Waals surface area contributed by atoms with Gasteiger partial charge in [0.2, 0.25) is 0 Å². The first-order chi connectivity index (χ1) is 10.5. The normalized spacial score (nSPS) is 20.3. The summed E-state index contributed by atoms with van der Waals surface area (Å²) in [6.45, 7) is 1.63. The van der Waals surface area contributed by atoms with Gasteiger partial charge in [-0.2, -0.15) is 0 Å². The molecule has 0 atom stereocenters. The molecule has 0 bridgehead atoms. The highest BCUT2D eigenvalue weighted by Gasteiger charge is 2.32. The van der Waals surface area contributed by atoms with Crippen LogP contribution in [0.4, 0.5) is 4.39 Å². The second kappa shape index (κ2) is 5.71. The number of H-pyrrole nitrogens is 1. The number of aromatic nitrogens is 2. The quantitative estimate of drug-likeness (QED) is 0.909. The van der Waals surface area contributed by atoms with E-state index in [-0.39, 0.29) is 29.2 Å². The molecular weight excluding hydrogens is 285 g/mol. The zero-order valence-electron chi connectivity index (χ0n) is 12.1. The van der Waals surface area contributed by atoms with E-state index in [1.807, 2.05) is 0 Å². The van der Waals surface area contributed by atoms with Gasteiger partial charge < -0.3 is 10.3 Å². The molecule has 1 amide bonds. The summed E-state index contributed by atoms with van der Waals surface area (Å²) in [7, 11) is 0. The number of nitrogens with zero attached hydrogens (tertiary/aromatic N) is 1. The topological polar surface area (TPSA) is 74.8 Å². The Bertz CT molecular complexity index is 766. The maximum Gasteiger partial charge on any atom is 0.251 e. The number of carbonyl (C=O) groups excluding carboxylic acids is 1. The number of rotatable bonds is 3. The van der Waals surface area contributed by atoms with Crippen LogP contribution in [-0.4, -0.2) is 21.9 Å². The van der Waals surface area contributed by atoms with Crippen molar-refractivity contribution in [3.05, 3.63) is 63.6 Å². The Morgan fingerprint density at radius 3 is 2.82 bits per heavy atom. The van der Waals surface area contributed by atoms with Gasteiger partial charge in [0.15, 0.2) is 0 Å². The van der Waals surface area contributed by atoms with Crippen molar-refractivity contribution in [1.29, 1.82) is 0 Å². The fourth-order valence-electron chi connectivity index (χ4n) is 2.64. The standard InChI is InChI=1S/C16H16FN3O2/c1-9-4-10(2-3-13(9)17)16(22)20-12-5-11(6-12)14-7-15(21)19-8-18-14/h2-4,7-8,11-12H,5-6H2,1H3,(H,20,22)(H,18,19,21). The van der Waals surface area contributed by atoms with Crippen molar-refractivity contribution in [2.24, 2.45) is 0 Å². The van der Waals surface area contributed by atoms with Crippen molar-refractivity contribution < 1.29 is 9.18 Å². The summed E-state index contributed by atoms with van der Waals surface area (Å²) in [4.78, 5) is 30.0. The second-order valence-corrected chi connectivity index (χ2v) is 5.64. The average Bonchev–Trinajstić information content (AvgIpc) is 2.45. The van der Waals surface area contributed by atoms with E-state index >= 15 is 0 Å². The number of carbonyl (C=O) groups is 1. The fraction of sp³-hybridized carbons (Fsp3) is 0.312. The van der Waals surface area contributed by atoms with Gasteiger partial charge in [-0.1, -0.05) is 0 Å². The van der Waals surface area contributed by atoms with Crippen LogP contribution in [0.5, 0.6) is 0 Å². The number of aromatic amines is 1. The molecule has 1 aromatic carbocycles. The lowest BCUT2D eigenvalue weighted by molar-refractivity contribution is 0.0908. The monoisotopic (exact) mass is 301 g/mol. The van der Waals surface area contributed by atoms with Crippen molar-refractivity contribution in [1.82, 2.24) is 15.3 Å². The average molecular weight is 301 g/mol. The SMILES string of the molecule is Cc1cc(C(=O)NC2CC(c3cc(=O)[nH]cn3)C2)ccc1F. The fourth-order valence-corrected chi connectivity index (χ4v) is 2.64. The summed E-state index contributed by atoms with van der Waals surface area (Å²) in [5.41, 5.74) is 1.50. The molecule has 1 saturated carbocycles. The van der Waals surface area contributed by atoms with Crippen molar-refractivity contribution in [3.8, 4) is 0 Å². The first-order valence-electron chi connectivity index (χ1n) is 7.14. The molecule has 0 saturated heterocycles. The van der Waals surface area contributed by atoms with E-state index in [1.165, 1.54) is 24.5 Å². The highest BCUT2D eigenvalue weighted by Crippen LogP contribution is 2.35. The lowest BCUT2D eigenvalue weighted by Crippen LogP contribution is -2.43. The van der Waals surface area contributed by atoms with E-state index in [9.17, 15) is 14.0 Å². The van der Waals surface area contributed by atoms with Crippen LogP contribution in [0.25, 0.3) is 0 Å². The minimum atomic E-state index is -0.319. The molecule has 1 aromatic heterocycles. The molecule has 6 heteroatoms. The summed E-state index contributed by atoms with van der Waals surface area (Å²) in [5, 5.41) is 2.92. The van der Waals surface area contributed by atoms with Gasteiger partial charge in [0.05, 0.1) is 12.0 Å². The number of benzene rings is 1. The Hall–Kier alpha value is -2.50. The Morgan fingerprint density at radius 2 is 2.14 bits per heavy atom. The zero-order valence-corrected chi connectivity index (χ0v) is 12.1. The summed E-state index contributed by atoms with van der Waals surface area (Å²) >= 11 is 0. The van der Waals surface area contributed by atoms with Gasteiger partial charge >= 0.3 is 0 Å². The van der Waals surface area contributed by atoms with E-state index < -0.39 is 0 Å². The van der Waals surface area contributed by atoms with E-state index in [1.54, 1.807) is 13.0 Å². The summed E-state index contributed by atoms with van der Waals surface area (Å²) in [6, 6.07) is 5.87. The highest BCUT2D eigenvalue weighted by molar-refractivity contribution is 5.94. The molecule has 0 unspecified atom stereocenters. The number of hydrogen-bond acceptors (Lipinski definition) is 3. The first-order valence-corrected chi connectivity index (χ1v) is 7.14. The lowest BCUT2D eigenvalue weighted by atomic mass is 9.78. The smallest absolute Gasteiger partial charge is 0.251 e. The first kappa shape index (κ1) is 14.4. The number of aryl methyl sites for hydroxylation is 1. The predicted octanol–water partition coefficient (Wildman–Crippen LogP) is 1.89. The number of nitrogens with one attached hydrogen (secondary N) is 2. The molecular formula is C16H16FN3O2. The van der Waals surface area contributed by atoms with E-state index in [0.717, 1.165) is 18.5 Å². The van der Waals surface area contributed by atoms with Gasteiger partial charge in [-0.05, 0) is 43.5 Å². The summed E-state index contributed by atoms with van der Waals surface area (Å²) in [5.74, 6) is -0.325. The molecule has 1 aliphatic carbocycles. The largest absolute Gasteiger partial charge is 0.349 e. The molecule has 0 radical (unpaired) electrons. The van der Waals surface area contributed by atoms with Crippen molar-refractivity contribution in [2.75, 3.05) is 0 Å². The van der Waals surface area contributed by atoms with Crippen LogP contribution in [0.1, 0.15) is 40.4 Å². The van der Waals surface area contributed by atoms with E-state index in [0.29, 0.717) is 11.1 Å². The minimum Gasteiger partial charge on any atom is -0.349 e. The van der Waals surface area contributed by atoms with Gasteiger partial charge in [-0.15, -0.1) is 0 Å². The molecule has 2 aromatic rings. The molecule has 1 heterocycles. The molecule has 0 aliphatic heterocycles. The molecule has 2 N–H and O–H groups in total. The van der Waals surface area contributed by atoms with E-state index in [4.69, 9.17) is 0 Å². The minimum absolute atomic E-state index is 0.0592. The Morgan fingerprint density at radius 1 is 1.36 bits per heavy atom. The van der Waals surface area contributed by atoms with Crippen molar-refractivity contribution in [2.45, 2.75) is 31.7 Å². The van der Waals surface area contributed by atoms with Gasteiger partial charge in [0.1, 0.15) is 5.82 Å². The van der Waals surface area contributed by atoms with Crippen LogP contribution in [-0.2, 0) is 0 Å². The van der Waals surface area contributed by atoms with Gasteiger partial charge in [-0.25, -0.2) is 9.37 Å². The molecule has 22 heavy (non-hydrogen) atoms. The Labute approximate surface area is 126 Å². The van der Waals surface area contributed by atoms with Gasteiger partial charge in [0, 0.05) is 23.6 Å². The lowest BCUT2D eigenvalue weighted by Gasteiger charge is -2.35. The molecule has 0 spiro atoms. The molecule has 114 valence electrons. The zero-order chi connectivity index (χ0) is 15.7.